The number of thioether (sulfide) groups is 1. The Bertz CT molecular complexity index is 1110. The fraction of sp³-hybridized carbons (Fsp3) is 0.0455. The van der Waals surface area contributed by atoms with Crippen molar-refractivity contribution in [2.24, 2.45) is 0 Å². The number of halogens is 2. The van der Waals surface area contributed by atoms with Crippen molar-refractivity contribution in [2.45, 2.75) is 5.75 Å². The molecule has 0 saturated carbocycles. The number of Topliss-reactive ketones (excluding diaryl/α,β-unsaturated/α-hetero) is 1. The van der Waals surface area contributed by atoms with E-state index in [1.54, 1.807) is 12.1 Å². The summed E-state index contributed by atoms with van der Waals surface area (Å²) in [5.41, 5.74) is 0.679. The van der Waals surface area contributed by atoms with Gasteiger partial charge in [-0.25, -0.2) is 4.39 Å². The number of nitrogens with zero attached hydrogens (tertiary/aromatic N) is 1. The molecule has 0 radical (unpaired) electrons. The van der Waals surface area contributed by atoms with E-state index < -0.39 is 16.4 Å². The number of phenols is 1. The number of nitro benzene ring substituents is 1. The zero-order chi connectivity index (χ0) is 21.7. The van der Waals surface area contributed by atoms with E-state index in [1.807, 2.05) is 0 Å². The van der Waals surface area contributed by atoms with E-state index in [9.17, 15) is 28.8 Å². The van der Waals surface area contributed by atoms with Crippen LogP contribution in [0.1, 0.15) is 21.5 Å². The van der Waals surface area contributed by atoms with E-state index in [1.165, 1.54) is 48.5 Å². The van der Waals surface area contributed by atoms with Gasteiger partial charge in [0.15, 0.2) is 5.78 Å². The molecule has 0 fully saturated rings. The number of hydrogen-bond acceptors (Lipinski definition) is 5. The third-order valence-electron chi connectivity index (χ3n) is 4.13. The van der Waals surface area contributed by atoms with Crippen LogP contribution in [0.25, 0.3) is 6.08 Å². The van der Waals surface area contributed by atoms with Crippen LogP contribution in [-0.2, 0) is 5.75 Å². The molecule has 0 atom stereocenters. The molecule has 0 spiro atoms. The molecule has 3 aromatic rings. The Balaban J connectivity index is 1.95. The normalized spacial score (nSPS) is 11.3. The van der Waals surface area contributed by atoms with Crippen molar-refractivity contribution in [1.29, 1.82) is 0 Å². The third-order valence-corrected chi connectivity index (χ3v) is 5.22. The van der Waals surface area contributed by atoms with Crippen LogP contribution in [0.5, 0.6) is 5.75 Å². The van der Waals surface area contributed by atoms with Crippen molar-refractivity contribution >= 4 is 29.3 Å². The summed E-state index contributed by atoms with van der Waals surface area (Å²) in [7, 11) is 0. The van der Waals surface area contributed by atoms with Gasteiger partial charge in [-0.1, -0.05) is 18.2 Å². The van der Waals surface area contributed by atoms with Crippen LogP contribution in [0.3, 0.4) is 0 Å². The maximum absolute atomic E-state index is 13.6. The van der Waals surface area contributed by atoms with Gasteiger partial charge in [0.05, 0.1) is 9.83 Å². The predicted molar refractivity (Wildman–Crippen MR) is 111 cm³/mol. The Morgan fingerprint density at radius 3 is 2.33 bits per heavy atom. The van der Waals surface area contributed by atoms with Crippen molar-refractivity contribution in [2.75, 3.05) is 0 Å². The topological polar surface area (TPSA) is 80.4 Å². The zero-order valence-electron chi connectivity index (χ0n) is 15.4. The van der Waals surface area contributed by atoms with Gasteiger partial charge in [0.25, 0.3) is 0 Å². The van der Waals surface area contributed by atoms with Crippen molar-refractivity contribution in [3.63, 3.8) is 0 Å². The van der Waals surface area contributed by atoms with E-state index >= 15 is 0 Å². The summed E-state index contributed by atoms with van der Waals surface area (Å²) < 4.78 is 26.7. The van der Waals surface area contributed by atoms with Gasteiger partial charge < -0.3 is 5.11 Å². The molecule has 0 heterocycles. The fourth-order valence-electron chi connectivity index (χ4n) is 2.58. The lowest BCUT2D eigenvalue weighted by molar-refractivity contribution is -0.387. The minimum Gasteiger partial charge on any atom is -0.508 e. The maximum atomic E-state index is 13.6. The van der Waals surface area contributed by atoms with Crippen LogP contribution < -0.4 is 0 Å². The molecule has 1 N–H and O–H groups in total. The molecular weight excluding hydrogens is 412 g/mol. The van der Waals surface area contributed by atoms with Crippen LogP contribution in [0.2, 0.25) is 0 Å². The number of aromatic hydroxyl groups is 1. The van der Waals surface area contributed by atoms with Crippen molar-refractivity contribution in [1.82, 2.24) is 0 Å². The minimum atomic E-state index is -0.970. The standard InChI is InChI=1S/C22H15F2NO4S/c23-17-6-1-14(2-7-17)13-30-21(22(27)16-4-8-18(26)9-5-16)12-15-3-10-19(24)20(11-15)25(28)29/h1-12,26H,13H2/b21-12+. The highest BCUT2D eigenvalue weighted by Gasteiger charge is 2.17. The third kappa shape index (κ3) is 5.30. The summed E-state index contributed by atoms with van der Waals surface area (Å²) in [5.74, 6) is -1.36. The molecule has 0 unspecified atom stereocenters. The van der Waals surface area contributed by atoms with E-state index in [-0.39, 0.29) is 27.8 Å². The molecule has 0 aliphatic rings. The fourth-order valence-corrected chi connectivity index (χ4v) is 3.56. The summed E-state index contributed by atoms with van der Waals surface area (Å²) in [4.78, 5) is 23.4. The summed E-state index contributed by atoms with van der Waals surface area (Å²) in [6.45, 7) is 0. The SMILES string of the molecule is O=C(/C(=C\c1ccc(F)c([N+](=O)[O-])c1)SCc1ccc(F)cc1)c1ccc(O)cc1. The van der Waals surface area contributed by atoms with Crippen LogP contribution in [0.4, 0.5) is 14.5 Å². The van der Waals surface area contributed by atoms with Crippen LogP contribution >= 0.6 is 11.8 Å². The van der Waals surface area contributed by atoms with Gasteiger partial charge in [-0.2, -0.15) is 4.39 Å². The molecule has 0 aliphatic heterocycles. The van der Waals surface area contributed by atoms with Gasteiger partial charge in [-0.3, -0.25) is 14.9 Å². The number of carbonyl (C=O) groups is 1. The Hall–Kier alpha value is -3.52. The van der Waals surface area contributed by atoms with Gasteiger partial charge >= 0.3 is 5.69 Å². The van der Waals surface area contributed by atoms with Gasteiger partial charge in [-0.15, -0.1) is 11.8 Å². The second-order valence-electron chi connectivity index (χ2n) is 6.27. The number of nitro groups is 1. The Labute approximate surface area is 174 Å². The number of phenolic OH excluding ortho intramolecular Hbond substituents is 1. The summed E-state index contributed by atoms with van der Waals surface area (Å²) in [6, 6.07) is 14.8. The number of hydrogen-bond donors (Lipinski definition) is 1. The molecule has 0 amide bonds. The molecule has 0 bridgehead atoms. The van der Waals surface area contributed by atoms with E-state index in [0.29, 0.717) is 11.3 Å². The first-order valence-electron chi connectivity index (χ1n) is 8.70. The molecule has 152 valence electrons. The predicted octanol–water partition coefficient (Wildman–Crippen LogP) is 5.74. The molecule has 3 aromatic carbocycles. The number of carbonyl (C=O) groups excluding carboxylic acids is 1. The minimum absolute atomic E-state index is 0.00482. The monoisotopic (exact) mass is 427 g/mol. The number of allylic oxidation sites excluding steroid dienone is 1. The first-order valence-corrected chi connectivity index (χ1v) is 9.68. The average Bonchev–Trinajstić information content (AvgIpc) is 2.73. The van der Waals surface area contributed by atoms with E-state index in [0.717, 1.165) is 29.5 Å². The van der Waals surface area contributed by atoms with Crippen molar-refractivity contribution in [3.8, 4) is 5.75 Å². The Morgan fingerprint density at radius 2 is 1.70 bits per heavy atom. The lowest BCUT2D eigenvalue weighted by atomic mass is 10.1. The van der Waals surface area contributed by atoms with Gasteiger partial charge in [-0.05, 0) is 59.7 Å². The first kappa shape index (κ1) is 21.2. The average molecular weight is 427 g/mol. The second-order valence-corrected chi connectivity index (χ2v) is 7.28. The molecule has 5 nitrogen and oxygen atoms in total. The summed E-state index contributed by atoms with van der Waals surface area (Å²) >= 11 is 1.16. The second kappa shape index (κ2) is 9.32. The zero-order valence-corrected chi connectivity index (χ0v) is 16.2. The van der Waals surface area contributed by atoms with Crippen LogP contribution in [-0.4, -0.2) is 15.8 Å². The molecule has 8 heteroatoms. The van der Waals surface area contributed by atoms with E-state index in [2.05, 4.69) is 0 Å². The highest BCUT2D eigenvalue weighted by molar-refractivity contribution is 8.03. The Morgan fingerprint density at radius 1 is 1.03 bits per heavy atom. The molecule has 3 rings (SSSR count). The van der Waals surface area contributed by atoms with Gasteiger partial charge in [0, 0.05) is 17.4 Å². The quantitative estimate of drug-likeness (QED) is 0.225. The van der Waals surface area contributed by atoms with Crippen LogP contribution in [0, 0.1) is 21.7 Å². The molecular formula is C22H15F2NO4S. The van der Waals surface area contributed by atoms with Crippen molar-refractivity contribution < 1.29 is 23.6 Å². The number of benzene rings is 3. The lowest BCUT2D eigenvalue weighted by Gasteiger charge is -2.08. The molecule has 0 aromatic heterocycles. The Kier molecular flexibility index (Phi) is 6.58. The smallest absolute Gasteiger partial charge is 0.305 e. The van der Waals surface area contributed by atoms with Gasteiger partial charge in [0.2, 0.25) is 5.82 Å². The highest BCUT2D eigenvalue weighted by Crippen LogP contribution is 2.29. The number of ketones is 1. The summed E-state index contributed by atoms with van der Waals surface area (Å²) in [5, 5.41) is 20.4. The van der Waals surface area contributed by atoms with Gasteiger partial charge in [0.1, 0.15) is 11.6 Å². The van der Waals surface area contributed by atoms with E-state index in [4.69, 9.17) is 0 Å². The first-order chi connectivity index (χ1) is 14.3. The molecule has 30 heavy (non-hydrogen) atoms. The van der Waals surface area contributed by atoms with Crippen molar-refractivity contribution in [3.05, 3.63) is 110 Å². The summed E-state index contributed by atoms with van der Waals surface area (Å²) in [6.07, 6.45) is 1.44. The highest BCUT2D eigenvalue weighted by atomic mass is 32.2. The molecule has 0 saturated heterocycles. The van der Waals surface area contributed by atoms with Crippen LogP contribution in [0.15, 0.2) is 71.6 Å². The largest absolute Gasteiger partial charge is 0.508 e. The number of rotatable bonds is 7. The molecule has 0 aliphatic carbocycles. The maximum Gasteiger partial charge on any atom is 0.305 e. The lowest BCUT2D eigenvalue weighted by Crippen LogP contribution is -2.01.